The highest BCUT2D eigenvalue weighted by Crippen LogP contribution is 2.31. The van der Waals surface area contributed by atoms with E-state index in [2.05, 4.69) is 5.32 Å². The van der Waals surface area contributed by atoms with Gasteiger partial charge in [0.15, 0.2) is 0 Å². The van der Waals surface area contributed by atoms with Gasteiger partial charge in [0.2, 0.25) is 21.8 Å². The van der Waals surface area contributed by atoms with Crippen molar-refractivity contribution >= 4 is 27.5 Å². The summed E-state index contributed by atoms with van der Waals surface area (Å²) in [6.07, 6.45) is 1.43. The van der Waals surface area contributed by atoms with Crippen LogP contribution in [0, 0.1) is 13.8 Å². The first-order chi connectivity index (χ1) is 16.4. The topological polar surface area (TPSA) is 96.0 Å². The number of methoxy groups -OCH3 is 1. The second-order valence-corrected chi connectivity index (χ2v) is 10.9. The highest BCUT2D eigenvalue weighted by Gasteiger charge is 2.32. The number of hydrogen-bond acceptors (Lipinski definition) is 5. The van der Waals surface area contributed by atoms with Gasteiger partial charge in [0, 0.05) is 12.6 Å². The van der Waals surface area contributed by atoms with Crippen molar-refractivity contribution in [2.45, 2.75) is 59.7 Å². The molecule has 2 aromatic rings. The predicted octanol–water partition coefficient (Wildman–Crippen LogP) is 3.41. The van der Waals surface area contributed by atoms with Crippen molar-refractivity contribution in [2.24, 2.45) is 0 Å². The zero-order valence-electron chi connectivity index (χ0n) is 21.7. The van der Waals surface area contributed by atoms with Crippen molar-refractivity contribution in [3.63, 3.8) is 0 Å². The lowest BCUT2D eigenvalue weighted by Crippen LogP contribution is -2.53. The first-order valence-corrected chi connectivity index (χ1v) is 13.5. The van der Waals surface area contributed by atoms with Gasteiger partial charge in [-0.3, -0.25) is 13.9 Å². The second kappa shape index (κ2) is 12.1. The molecule has 0 radical (unpaired) electrons. The molecule has 35 heavy (non-hydrogen) atoms. The number of carbonyl (C=O) groups is 2. The summed E-state index contributed by atoms with van der Waals surface area (Å²) < 4.78 is 32.0. The fourth-order valence-electron chi connectivity index (χ4n) is 3.78. The van der Waals surface area contributed by atoms with E-state index < -0.39 is 28.5 Å². The molecule has 0 unspecified atom stereocenters. The number of ether oxygens (including phenoxy) is 1. The SMILES string of the molecule is CC[C@H](C(=O)NC(C)C)N(Cc1ccc(C)cc1)C(=O)CN(c1cc(C)ccc1OC)S(C)(=O)=O. The van der Waals surface area contributed by atoms with Crippen LogP contribution in [0.4, 0.5) is 5.69 Å². The zero-order chi connectivity index (χ0) is 26.3. The fourth-order valence-corrected chi connectivity index (χ4v) is 4.62. The van der Waals surface area contributed by atoms with Crippen molar-refractivity contribution in [3.05, 3.63) is 59.2 Å². The Bertz CT molecular complexity index is 1130. The Morgan fingerprint density at radius 2 is 1.63 bits per heavy atom. The quantitative estimate of drug-likeness (QED) is 0.507. The van der Waals surface area contributed by atoms with E-state index in [0.29, 0.717) is 12.2 Å². The van der Waals surface area contributed by atoms with Crippen molar-refractivity contribution < 1.29 is 22.7 Å². The summed E-state index contributed by atoms with van der Waals surface area (Å²) in [5, 5.41) is 2.88. The molecule has 0 saturated heterocycles. The summed E-state index contributed by atoms with van der Waals surface area (Å²) in [7, 11) is -2.39. The molecule has 192 valence electrons. The molecule has 0 bridgehead atoms. The van der Waals surface area contributed by atoms with Crippen LogP contribution in [0.2, 0.25) is 0 Å². The fraction of sp³-hybridized carbons (Fsp3) is 0.462. The van der Waals surface area contributed by atoms with Crippen molar-refractivity contribution in [2.75, 3.05) is 24.2 Å². The smallest absolute Gasteiger partial charge is 0.244 e. The second-order valence-electron chi connectivity index (χ2n) is 9.04. The number of rotatable bonds is 11. The number of nitrogens with one attached hydrogen (secondary N) is 1. The van der Waals surface area contributed by atoms with Gasteiger partial charge in [0.25, 0.3) is 0 Å². The van der Waals surface area contributed by atoms with Gasteiger partial charge in [0.1, 0.15) is 18.3 Å². The third-order valence-electron chi connectivity index (χ3n) is 5.57. The van der Waals surface area contributed by atoms with Crippen LogP contribution in [-0.4, -0.2) is 57.1 Å². The largest absolute Gasteiger partial charge is 0.495 e. The Kier molecular flexibility index (Phi) is 9.71. The number of aryl methyl sites for hydroxylation is 2. The number of benzene rings is 2. The van der Waals surface area contributed by atoms with Crippen LogP contribution in [0.25, 0.3) is 0 Å². The van der Waals surface area contributed by atoms with Crippen LogP contribution >= 0.6 is 0 Å². The molecule has 1 N–H and O–H groups in total. The van der Waals surface area contributed by atoms with Crippen LogP contribution in [0.1, 0.15) is 43.9 Å². The van der Waals surface area contributed by atoms with E-state index in [1.165, 1.54) is 12.0 Å². The molecule has 2 rings (SSSR count). The van der Waals surface area contributed by atoms with Crippen LogP contribution in [0.5, 0.6) is 5.75 Å². The summed E-state index contributed by atoms with van der Waals surface area (Å²) in [6.45, 7) is 9.05. The Labute approximate surface area is 209 Å². The van der Waals surface area contributed by atoms with Gasteiger partial charge < -0.3 is 15.0 Å². The maximum Gasteiger partial charge on any atom is 0.244 e. The Balaban J connectivity index is 2.50. The number of sulfonamides is 1. The minimum Gasteiger partial charge on any atom is -0.495 e. The Morgan fingerprint density at radius 1 is 1.03 bits per heavy atom. The summed E-state index contributed by atoms with van der Waals surface area (Å²) in [4.78, 5) is 28.2. The number of nitrogens with zero attached hydrogens (tertiary/aromatic N) is 2. The number of amides is 2. The molecule has 9 heteroatoms. The molecule has 0 aliphatic carbocycles. The summed E-state index contributed by atoms with van der Waals surface area (Å²) in [5.74, 6) is -0.421. The molecule has 2 aromatic carbocycles. The number of hydrogen-bond donors (Lipinski definition) is 1. The van der Waals surface area contributed by atoms with Gasteiger partial charge in [-0.05, 0) is 57.4 Å². The van der Waals surface area contributed by atoms with Crippen molar-refractivity contribution in [1.29, 1.82) is 0 Å². The van der Waals surface area contributed by atoms with Gasteiger partial charge in [-0.1, -0.05) is 42.8 Å². The molecule has 0 saturated carbocycles. The lowest BCUT2D eigenvalue weighted by molar-refractivity contribution is -0.140. The van der Waals surface area contributed by atoms with E-state index in [1.54, 1.807) is 18.2 Å². The van der Waals surface area contributed by atoms with E-state index in [9.17, 15) is 18.0 Å². The molecular formula is C26H37N3O5S. The summed E-state index contributed by atoms with van der Waals surface area (Å²) >= 11 is 0. The van der Waals surface area contributed by atoms with Crippen molar-refractivity contribution in [3.8, 4) is 5.75 Å². The molecule has 0 aliphatic heterocycles. The molecule has 0 aliphatic rings. The maximum atomic E-state index is 13.7. The summed E-state index contributed by atoms with van der Waals surface area (Å²) in [6, 6.07) is 12.0. The van der Waals surface area contributed by atoms with E-state index in [1.807, 2.05) is 58.9 Å². The Morgan fingerprint density at radius 3 is 2.14 bits per heavy atom. The normalized spacial score (nSPS) is 12.2. The van der Waals surface area contributed by atoms with E-state index in [4.69, 9.17) is 4.74 Å². The molecule has 2 amide bonds. The van der Waals surface area contributed by atoms with Gasteiger partial charge in [-0.2, -0.15) is 0 Å². The molecule has 8 nitrogen and oxygen atoms in total. The monoisotopic (exact) mass is 503 g/mol. The standard InChI is InChI=1S/C26H37N3O5S/c1-8-22(26(31)27-18(2)3)28(16-21-12-9-19(4)10-13-21)25(30)17-29(35(7,32)33)23-15-20(5)11-14-24(23)34-6/h9-15,18,22H,8,16-17H2,1-7H3,(H,27,31)/t22-/m1/s1. The molecular weight excluding hydrogens is 466 g/mol. The van der Waals surface area contributed by atoms with Crippen LogP contribution in [-0.2, 0) is 26.2 Å². The Hall–Kier alpha value is -3.07. The van der Waals surface area contributed by atoms with Crippen molar-refractivity contribution in [1.82, 2.24) is 10.2 Å². The van der Waals surface area contributed by atoms with Gasteiger partial charge in [-0.25, -0.2) is 8.42 Å². The molecule has 0 heterocycles. The predicted molar refractivity (Wildman–Crippen MR) is 139 cm³/mol. The highest BCUT2D eigenvalue weighted by molar-refractivity contribution is 7.92. The molecule has 0 spiro atoms. The summed E-state index contributed by atoms with van der Waals surface area (Å²) in [5.41, 5.74) is 3.02. The minimum atomic E-state index is -3.84. The lowest BCUT2D eigenvalue weighted by Gasteiger charge is -2.33. The highest BCUT2D eigenvalue weighted by atomic mass is 32.2. The zero-order valence-corrected chi connectivity index (χ0v) is 22.5. The molecule has 0 aromatic heterocycles. The average Bonchev–Trinajstić information content (AvgIpc) is 2.77. The van der Waals surface area contributed by atoms with Crippen LogP contribution in [0.3, 0.4) is 0 Å². The third-order valence-corrected chi connectivity index (χ3v) is 6.70. The van der Waals surface area contributed by atoms with Gasteiger partial charge >= 0.3 is 0 Å². The van der Waals surface area contributed by atoms with E-state index in [-0.39, 0.29) is 24.2 Å². The van der Waals surface area contributed by atoms with Crippen LogP contribution in [0.15, 0.2) is 42.5 Å². The van der Waals surface area contributed by atoms with E-state index >= 15 is 0 Å². The number of carbonyl (C=O) groups excluding carboxylic acids is 2. The number of anilines is 1. The maximum absolute atomic E-state index is 13.7. The average molecular weight is 504 g/mol. The minimum absolute atomic E-state index is 0.100. The van der Waals surface area contributed by atoms with E-state index in [0.717, 1.165) is 27.3 Å². The van der Waals surface area contributed by atoms with Gasteiger partial charge in [0.05, 0.1) is 19.1 Å². The first kappa shape index (κ1) is 28.2. The third kappa shape index (κ3) is 7.71. The van der Waals surface area contributed by atoms with Crippen LogP contribution < -0.4 is 14.4 Å². The lowest BCUT2D eigenvalue weighted by atomic mass is 10.1. The molecule has 1 atom stereocenters. The van der Waals surface area contributed by atoms with Gasteiger partial charge in [-0.15, -0.1) is 0 Å². The molecule has 0 fully saturated rings. The first-order valence-electron chi connectivity index (χ1n) is 11.6.